The van der Waals surface area contributed by atoms with Crippen LogP contribution < -0.4 is 10.2 Å². The summed E-state index contributed by atoms with van der Waals surface area (Å²) in [5.74, 6) is 0.608. The van der Waals surface area contributed by atoms with Crippen LogP contribution >= 0.6 is 11.6 Å². The van der Waals surface area contributed by atoms with Crippen molar-refractivity contribution in [2.75, 3.05) is 18.0 Å². The summed E-state index contributed by atoms with van der Waals surface area (Å²) in [5.41, 5.74) is 1.28. The summed E-state index contributed by atoms with van der Waals surface area (Å²) in [7, 11) is 0. The third kappa shape index (κ3) is 2.78. The summed E-state index contributed by atoms with van der Waals surface area (Å²) in [4.78, 5) is 22.7. The van der Waals surface area contributed by atoms with Crippen LogP contribution in [-0.2, 0) is 0 Å². The zero-order chi connectivity index (χ0) is 16.5. The molecule has 0 saturated carbocycles. The number of aromatic amines is 1. The molecule has 1 aliphatic rings. The van der Waals surface area contributed by atoms with Crippen LogP contribution in [0.5, 0.6) is 0 Å². The molecule has 0 spiro atoms. The van der Waals surface area contributed by atoms with Gasteiger partial charge in [-0.3, -0.25) is 9.89 Å². The molecule has 8 heteroatoms. The molecular formula is C16H15ClN6O. The highest BCUT2D eigenvalue weighted by molar-refractivity contribution is 6.28. The molecule has 7 nitrogen and oxygen atoms in total. The number of aromatic nitrogens is 4. The van der Waals surface area contributed by atoms with Gasteiger partial charge < -0.3 is 10.2 Å². The SMILES string of the molecule is O=C(N[C@H]1CCN(c2ccnc(Cl)n2)C1)c1n[nH]c2ccccc12. The van der Waals surface area contributed by atoms with E-state index in [-0.39, 0.29) is 17.2 Å². The van der Waals surface area contributed by atoms with Gasteiger partial charge in [0.2, 0.25) is 5.28 Å². The van der Waals surface area contributed by atoms with E-state index in [0.717, 1.165) is 29.7 Å². The normalized spacial score (nSPS) is 17.4. The number of H-pyrrole nitrogens is 1. The first kappa shape index (κ1) is 14.9. The predicted octanol–water partition coefficient (Wildman–Crippen LogP) is 2.01. The Labute approximate surface area is 143 Å². The van der Waals surface area contributed by atoms with Gasteiger partial charge in [0.25, 0.3) is 5.91 Å². The maximum atomic E-state index is 12.5. The Kier molecular flexibility index (Phi) is 3.78. The van der Waals surface area contributed by atoms with Gasteiger partial charge in [0.05, 0.1) is 5.52 Å². The second kappa shape index (κ2) is 6.09. The molecule has 1 aliphatic heterocycles. The van der Waals surface area contributed by atoms with E-state index >= 15 is 0 Å². The predicted molar refractivity (Wildman–Crippen MR) is 91.2 cm³/mol. The van der Waals surface area contributed by atoms with Crippen molar-refractivity contribution >= 4 is 34.2 Å². The molecule has 4 rings (SSSR count). The van der Waals surface area contributed by atoms with Crippen LogP contribution in [0.15, 0.2) is 36.5 Å². The van der Waals surface area contributed by atoms with Crippen LogP contribution in [0, 0.1) is 0 Å². The summed E-state index contributed by atoms with van der Waals surface area (Å²) in [5, 5.41) is 11.1. The highest BCUT2D eigenvalue weighted by atomic mass is 35.5. The molecule has 1 amide bonds. The van der Waals surface area contributed by atoms with Gasteiger partial charge in [-0.15, -0.1) is 0 Å². The molecule has 0 radical (unpaired) electrons. The van der Waals surface area contributed by atoms with Crippen molar-refractivity contribution in [2.24, 2.45) is 0 Å². The van der Waals surface area contributed by atoms with Gasteiger partial charge >= 0.3 is 0 Å². The van der Waals surface area contributed by atoms with Crippen molar-refractivity contribution in [3.8, 4) is 0 Å². The van der Waals surface area contributed by atoms with Crippen molar-refractivity contribution in [1.82, 2.24) is 25.5 Å². The van der Waals surface area contributed by atoms with E-state index in [0.29, 0.717) is 12.2 Å². The molecule has 1 aromatic carbocycles. The third-order valence-corrected chi connectivity index (χ3v) is 4.33. The van der Waals surface area contributed by atoms with Gasteiger partial charge in [0, 0.05) is 30.7 Å². The van der Waals surface area contributed by atoms with E-state index in [1.165, 1.54) is 0 Å². The van der Waals surface area contributed by atoms with Crippen LogP contribution in [0.25, 0.3) is 10.9 Å². The lowest BCUT2D eigenvalue weighted by molar-refractivity contribution is 0.0937. The molecule has 1 saturated heterocycles. The fourth-order valence-electron chi connectivity index (χ4n) is 2.98. The van der Waals surface area contributed by atoms with E-state index in [4.69, 9.17) is 11.6 Å². The second-order valence-corrected chi connectivity index (χ2v) is 6.04. The van der Waals surface area contributed by atoms with Crippen LogP contribution in [0.2, 0.25) is 5.28 Å². The Morgan fingerprint density at radius 1 is 1.33 bits per heavy atom. The van der Waals surface area contributed by atoms with Gasteiger partial charge in [-0.1, -0.05) is 18.2 Å². The summed E-state index contributed by atoms with van der Waals surface area (Å²) >= 11 is 5.84. The van der Waals surface area contributed by atoms with E-state index < -0.39 is 0 Å². The molecule has 3 heterocycles. The molecule has 0 bridgehead atoms. The number of carbonyl (C=O) groups excluding carboxylic acids is 1. The molecule has 3 aromatic rings. The van der Waals surface area contributed by atoms with Crippen LogP contribution in [0.4, 0.5) is 5.82 Å². The Hall–Kier alpha value is -2.67. The highest BCUT2D eigenvalue weighted by Crippen LogP contribution is 2.20. The first-order valence-corrected chi connectivity index (χ1v) is 8.06. The number of nitrogens with zero attached hydrogens (tertiary/aromatic N) is 4. The van der Waals surface area contributed by atoms with Crippen molar-refractivity contribution in [1.29, 1.82) is 0 Å². The first-order valence-electron chi connectivity index (χ1n) is 7.68. The second-order valence-electron chi connectivity index (χ2n) is 5.71. The van der Waals surface area contributed by atoms with Gasteiger partial charge in [-0.05, 0) is 30.2 Å². The molecule has 2 N–H and O–H groups in total. The Morgan fingerprint density at radius 3 is 3.08 bits per heavy atom. The minimum Gasteiger partial charge on any atom is -0.354 e. The van der Waals surface area contributed by atoms with E-state index in [1.807, 2.05) is 30.3 Å². The summed E-state index contributed by atoms with van der Waals surface area (Å²) < 4.78 is 0. The highest BCUT2D eigenvalue weighted by Gasteiger charge is 2.26. The molecule has 24 heavy (non-hydrogen) atoms. The van der Waals surface area contributed by atoms with Gasteiger partial charge in [0.15, 0.2) is 5.69 Å². The van der Waals surface area contributed by atoms with E-state index in [9.17, 15) is 4.79 Å². The van der Waals surface area contributed by atoms with Crippen LogP contribution in [-0.4, -0.2) is 45.2 Å². The van der Waals surface area contributed by atoms with Crippen LogP contribution in [0.1, 0.15) is 16.9 Å². The smallest absolute Gasteiger partial charge is 0.272 e. The molecule has 122 valence electrons. The molecule has 1 atom stereocenters. The third-order valence-electron chi connectivity index (χ3n) is 4.14. The maximum Gasteiger partial charge on any atom is 0.272 e. The molecule has 2 aromatic heterocycles. The minimum absolute atomic E-state index is 0.0432. The number of amides is 1. The average molecular weight is 343 g/mol. The van der Waals surface area contributed by atoms with Gasteiger partial charge in [-0.25, -0.2) is 9.97 Å². The number of anilines is 1. The summed E-state index contributed by atoms with van der Waals surface area (Å²) in [6.45, 7) is 1.49. The number of para-hydroxylation sites is 1. The number of hydrogen-bond acceptors (Lipinski definition) is 5. The zero-order valence-electron chi connectivity index (χ0n) is 12.7. The monoisotopic (exact) mass is 342 g/mol. The zero-order valence-corrected chi connectivity index (χ0v) is 13.5. The number of carbonyl (C=O) groups is 1. The van der Waals surface area contributed by atoms with Crippen molar-refractivity contribution in [3.05, 3.63) is 47.5 Å². The summed E-state index contributed by atoms with van der Waals surface area (Å²) in [6.07, 6.45) is 2.47. The van der Waals surface area contributed by atoms with Crippen molar-refractivity contribution in [2.45, 2.75) is 12.5 Å². The molecular weight excluding hydrogens is 328 g/mol. The first-order chi connectivity index (χ1) is 11.7. The molecule has 0 aliphatic carbocycles. The Bertz CT molecular complexity index is 895. The Morgan fingerprint density at radius 2 is 2.21 bits per heavy atom. The fraction of sp³-hybridized carbons (Fsp3) is 0.250. The number of nitrogens with one attached hydrogen (secondary N) is 2. The number of rotatable bonds is 3. The van der Waals surface area contributed by atoms with Crippen molar-refractivity contribution in [3.63, 3.8) is 0 Å². The number of fused-ring (bicyclic) bond motifs is 1. The Balaban J connectivity index is 1.46. The van der Waals surface area contributed by atoms with E-state index in [1.54, 1.807) is 6.20 Å². The maximum absolute atomic E-state index is 12.5. The van der Waals surface area contributed by atoms with Crippen LogP contribution in [0.3, 0.4) is 0 Å². The van der Waals surface area contributed by atoms with Gasteiger partial charge in [0.1, 0.15) is 5.82 Å². The summed E-state index contributed by atoms with van der Waals surface area (Å²) in [6, 6.07) is 9.44. The lowest BCUT2D eigenvalue weighted by Crippen LogP contribution is -2.37. The number of benzene rings is 1. The molecule has 0 unspecified atom stereocenters. The lowest BCUT2D eigenvalue weighted by Gasteiger charge is -2.17. The lowest BCUT2D eigenvalue weighted by atomic mass is 10.2. The number of halogens is 1. The van der Waals surface area contributed by atoms with Gasteiger partial charge in [-0.2, -0.15) is 5.10 Å². The van der Waals surface area contributed by atoms with Crippen molar-refractivity contribution < 1.29 is 4.79 Å². The topological polar surface area (TPSA) is 86.8 Å². The standard InChI is InChI=1S/C16H15ClN6O/c17-16-18-7-5-13(20-16)23-8-6-10(9-23)19-15(24)14-11-3-1-2-4-12(11)21-22-14/h1-5,7,10H,6,8-9H2,(H,19,24)(H,21,22)/t10-/m0/s1. The molecule has 1 fully saturated rings. The number of hydrogen-bond donors (Lipinski definition) is 2. The minimum atomic E-state index is -0.167. The quantitative estimate of drug-likeness (QED) is 0.711. The largest absolute Gasteiger partial charge is 0.354 e. The average Bonchev–Trinajstić information content (AvgIpc) is 3.21. The van der Waals surface area contributed by atoms with E-state index in [2.05, 4.69) is 30.4 Å². The fourth-order valence-corrected chi connectivity index (χ4v) is 3.12.